The maximum Gasteiger partial charge on any atom is 0.335 e. The molecule has 4 unspecified atom stereocenters. The van der Waals surface area contributed by atoms with Gasteiger partial charge in [-0.1, -0.05) is 19.8 Å². The van der Waals surface area contributed by atoms with Crippen molar-refractivity contribution < 1.29 is 18.7 Å². The highest BCUT2D eigenvalue weighted by molar-refractivity contribution is 5.87. The van der Waals surface area contributed by atoms with Crippen LogP contribution in [0.5, 0.6) is 0 Å². The molecule has 1 aromatic carbocycles. The smallest absolute Gasteiger partial charge is 0.335 e. The Morgan fingerprint density at radius 2 is 1.70 bits per heavy atom. The highest BCUT2D eigenvalue weighted by atomic mass is 19.1. The van der Waals surface area contributed by atoms with Gasteiger partial charge in [0.1, 0.15) is 11.6 Å². The molecule has 1 aromatic rings. The largest absolute Gasteiger partial charge is 0.478 e. The minimum absolute atomic E-state index is 0.103. The number of benzene rings is 1. The van der Waals surface area contributed by atoms with Crippen molar-refractivity contribution in [2.45, 2.75) is 57.8 Å². The van der Waals surface area contributed by atoms with E-state index in [9.17, 15) is 13.6 Å². The molecule has 3 rings (SSSR count). The second kappa shape index (κ2) is 6.58. The van der Waals surface area contributed by atoms with Crippen molar-refractivity contribution in [3.05, 3.63) is 34.9 Å². The van der Waals surface area contributed by atoms with Crippen LogP contribution in [0.4, 0.5) is 8.78 Å². The Morgan fingerprint density at radius 1 is 1.09 bits per heavy atom. The van der Waals surface area contributed by atoms with Crippen LogP contribution in [-0.2, 0) is 0 Å². The quantitative estimate of drug-likeness (QED) is 0.812. The van der Waals surface area contributed by atoms with Gasteiger partial charge in [-0.3, -0.25) is 0 Å². The number of hydrogen-bond acceptors (Lipinski definition) is 1. The maximum absolute atomic E-state index is 14.3. The molecule has 0 bridgehead atoms. The zero-order chi connectivity index (χ0) is 16.6. The number of fused-ring (bicyclic) bond motifs is 1. The summed E-state index contributed by atoms with van der Waals surface area (Å²) in [6.45, 7) is 2.24. The molecule has 2 saturated carbocycles. The summed E-state index contributed by atoms with van der Waals surface area (Å²) >= 11 is 0. The lowest BCUT2D eigenvalue weighted by Gasteiger charge is -2.42. The van der Waals surface area contributed by atoms with E-state index in [1.807, 2.05) is 0 Å². The fraction of sp³-hybridized carbons (Fsp3) is 0.632. The molecule has 0 spiro atoms. The van der Waals surface area contributed by atoms with Crippen LogP contribution < -0.4 is 0 Å². The lowest BCUT2D eigenvalue weighted by atomic mass is 9.63. The van der Waals surface area contributed by atoms with Gasteiger partial charge in [0, 0.05) is 5.56 Å². The fourth-order valence-corrected chi connectivity index (χ4v) is 4.72. The lowest BCUT2D eigenvalue weighted by Crippen LogP contribution is -2.30. The van der Waals surface area contributed by atoms with Crippen molar-refractivity contribution in [1.82, 2.24) is 0 Å². The van der Waals surface area contributed by atoms with Gasteiger partial charge in [0.25, 0.3) is 0 Å². The van der Waals surface area contributed by atoms with Crippen molar-refractivity contribution in [1.29, 1.82) is 0 Å². The van der Waals surface area contributed by atoms with Gasteiger partial charge in [-0.2, -0.15) is 0 Å². The first-order valence-corrected chi connectivity index (χ1v) is 8.71. The van der Waals surface area contributed by atoms with Gasteiger partial charge >= 0.3 is 5.97 Å². The Labute approximate surface area is 135 Å². The first kappa shape index (κ1) is 16.4. The van der Waals surface area contributed by atoms with E-state index in [0.29, 0.717) is 11.8 Å². The first-order valence-electron chi connectivity index (χ1n) is 8.71. The average Bonchev–Trinajstić information content (AvgIpc) is 2.53. The molecule has 0 saturated heterocycles. The third-order valence-corrected chi connectivity index (χ3v) is 6.03. The second-order valence-corrected chi connectivity index (χ2v) is 7.28. The van der Waals surface area contributed by atoms with E-state index in [0.717, 1.165) is 43.7 Å². The minimum atomic E-state index is -1.30. The predicted molar refractivity (Wildman–Crippen MR) is 84.5 cm³/mol. The van der Waals surface area contributed by atoms with E-state index in [4.69, 9.17) is 5.11 Å². The number of rotatable bonds is 3. The normalized spacial score (nSPS) is 30.7. The molecule has 0 amide bonds. The Balaban J connectivity index is 1.78. The van der Waals surface area contributed by atoms with Crippen LogP contribution in [-0.4, -0.2) is 11.1 Å². The Hall–Kier alpha value is -1.45. The summed E-state index contributed by atoms with van der Waals surface area (Å²) in [7, 11) is 0. The summed E-state index contributed by atoms with van der Waals surface area (Å²) in [6, 6.07) is 1.92. The van der Waals surface area contributed by atoms with E-state index < -0.39 is 17.6 Å². The van der Waals surface area contributed by atoms with Crippen LogP contribution in [0.1, 0.15) is 73.7 Å². The summed E-state index contributed by atoms with van der Waals surface area (Å²) in [5.41, 5.74) is -0.216. The summed E-state index contributed by atoms with van der Waals surface area (Å²) in [5, 5.41) is 8.90. The summed E-state index contributed by atoms with van der Waals surface area (Å²) in [4.78, 5) is 10.9. The molecule has 0 aromatic heterocycles. The van der Waals surface area contributed by atoms with Gasteiger partial charge in [-0.15, -0.1) is 0 Å². The fourth-order valence-electron chi connectivity index (χ4n) is 4.72. The third kappa shape index (κ3) is 3.26. The maximum atomic E-state index is 14.3. The molecule has 2 nitrogen and oxygen atoms in total. The van der Waals surface area contributed by atoms with Crippen LogP contribution in [0.25, 0.3) is 0 Å². The zero-order valence-electron chi connectivity index (χ0n) is 13.5. The zero-order valence-corrected chi connectivity index (χ0v) is 13.5. The number of halogens is 2. The molecule has 1 N–H and O–H groups in total. The molecule has 23 heavy (non-hydrogen) atoms. The molecule has 0 aliphatic heterocycles. The van der Waals surface area contributed by atoms with E-state index in [2.05, 4.69) is 6.92 Å². The number of aromatic carboxylic acids is 1. The van der Waals surface area contributed by atoms with Gasteiger partial charge in [-0.05, 0) is 67.9 Å². The SMILES string of the molecule is CCC1CCC2CC(c3c(F)cc(C(=O)O)cc3F)CCC2C1. The van der Waals surface area contributed by atoms with Crippen LogP contribution in [0.2, 0.25) is 0 Å². The third-order valence-electron chi connectivity index (χ3n) is 6.03. The van der Waals surface area contributed by atoms with Gasteiger partial charge in [0.2, 0.25) is 0 Å². The number of carboxylic acids is 1. The molecule has 4 atom stereocenters. The summed E-state index contributed by atoms with van der Waals surface area (Å²) < 4.78 is 28.6. The molecular formula is C19H24F2O2. The molecule has 2 fully saturated rings. The molecule has 126 valence electrons. The highest BCUT2D eigenvalue weighted by Crippen LogP contribution is 2.48. The van der Waals surface area contributed by atoms with Crippen LogP contribution in [0.3, 0.4) is 0 Å². The molecule has 2 aliphatic rings. The minimum Gasteiger partial charge on any atom is -0.478 e. The van der Waals surface area contributed by atoms with Gasteiger partial charge in [-0.25, -0.2) is 13.6 Å². The van der Waals surface area contributed by atoms with Crippen molar-refractivity contribution in [2.24, 2.45) is 17.8 Å². The van der Waals surface area contributed by atoms with Crippen molar-refractivity contribution in [3.8, 4) is 0 Å². The Morgan fingerprint density at radius 3 is 2.30 bits per heavy atom. The van der Waals surface area contributed by atoms with E-state index >= 15 is 0 Å². The topological polar surface area (TPSA) is 37.3 Å². The predicted octanol–water partition coefficient (Wildman–Crippen LogP) is 5.37. The summed E-state index contributed by atoms with van der Waals surface area (Å²) in [5.74, 6) is -0.727. The average molecular weight is 322 g/mol. The Kier molecular flexibility index (Phi) is 4.69. The van der Waals surface area contributed by atoms with Gasteiger partial charge in [0.15, 0.2) is 0 Å². The standard InChI is InChI=1S/C19H24F2O2/c1-2-11-3-4-13-8-14(6-5-12(13)7-11)18-16(20)9-15(19(22)23)10-17(18)21/h9-14H,2-8H2,1H3,(H,22,23). The van der Waals surface area contributed by atoms with E-state index in [1.165, 1.54) is 19.3 Å². The van der Waals surface area contributed by atoms with Gasteiger partial charge < -0.3 is 5.11 Å². The van der Waals surface area contributed by atoms with Crippen LogP contribution >= 0.6 is 0 Å². The molecule has 4 heteroatoms. The summed E-state index contributed by atoms with van der Waals surface area (Å²) in [6.07, 6.45) is 7.55. The lowest BCUT2D eigenvalue weighted by molar-refractivity contribution is 0.0695. The Bertz CT molecular complexity index is 576. The van der Waals surface area contributed by atoms with Crippen LogP contribution in [0.15, 0.2) is 12.1 Å². The molecule has 2 aliphatic carbocycles. The van der Waals surface area contributed by atoms with Crippen LogP contribution in [0, 0.1) is 29.4 Å². The highest BCUT2D eigenvalue weighted by Gasteiger charge is 2.37. The molecule has 0 radical (unpaired) electrons. The number of carbonyl (C=O) groups is 1. The molecule has 0 heterocycles. The number of hydrogen-bond donors (Lipinski definition) is 1. The van der Waals surface area contributed by atoms with E-state index in [-0.39, 0.29) is 17.0 Å². The van der Waals surface area contributed by atoms with Crippen molar-refractivity contribution in [2.75, 3.05) is 0 Å². The first-order chi connectivity index (χ1) is 11.0. The van der Waals surface area contributed by atoms with Crippen molar-refractivity contribution >= 4 is 5.97 Å². The number of carboxylic acid groups (broad SMARTS) is 1. The van der Waals surface area contributed by atoms with Crippen molar-refractivity contribution in [3.63, 3.8) is 0 Å². The van der Waals surface area contributed by atoms with E-state index in [1.54, 1.807) is 0 Å². The monoisotopic (exact) mass is 322 g/mol. The molecular weight excluding hydrogens is 298 g/mol. The van der Waals surface area contributed by atoms with Gasteiger partial charge in [0.05, 0.1) is 5.56 Å². The second-order valence-electron chi connectivity index (χ2n) is 7.28.